The molecule has 0 fully saturated rings. The molecule has 0 saturated carbocycles. The van der Waals surface area contributed by atoms with Crippen molar-refractivity contribution in [3.8, 4) is 0 Å². The monoisotopic (exact) mass is 253 g/mol. The van der Waals surface area contributed by atoms with E-state index in [-0.39, 0.29) is 0 Å². The van der Waals surface area contributed by atoms with Crippen LogP contribution in [0, 0.1) is 12.8 Å². The highest BCUT2D eigenvalue weighted by molar-refractivity contribution is 6.31. The SMILES string of the molecule is CCCC(C)C(NCC)c1ccc(Cl)c(C)c1. The molecule has 0 aliphatic carbocycles. The molecule has 1 aromatic carbocycles. The maximum absolute atomic E-state index is 6.08. The summed E-state index contributed by atoms with van der Waals surface area (Å²) in [7, 11) is 0. The highest BCUT2D eigenvalue weighted by Gasteiger charge is 2.17. The minimum absolute atomic E-state index is 0.441. The van der Waals surface area contributed by atoms with Gasteiger partial charge in [0.25, 0.3) is 0 Å². The Labute approximate surface area is 111 Å². The normalized spacial score (nSPS) is 14.6. The largest absolute Gasteiger partial charge is 0.310 e. The van der Waals surface area contributed by atoms with Gasteiger partial charge in [0.2, 0.25) is 0 Å². The quantitative estimate of drug-likeness (QED) is 0.773. The van der Waals surface area contributed by atoms with Gasteiger partial charge < -0.3 is 5.32 Å². The number of nitrogens with one attached hydrogen (secondary N) is 1. The number of benzene rings is 1. The van der Waals surface area contributed by atoms with Crippen molar-refractivity contribution >= 4 is 11.6 Å². The van der Waals surface area contributed by atoms with Crippen molar-refractivity contribution in [3.63, 3.8) is 0 Å². The Bertz CT molecular complexity index is 349. The molecule has 1 nitrogen and oxygen atoms in total. The Morgan fingerprint density at radius 2 is 2.00 bits per heavy atom. The molecule has 96 valence electrons. The van der Waals surface area contributed by atoms with E-state index < -0.39 is 0 Å². The number of hydrogen-bond donors (Lipinski definition) is 1. The molecule has 0 radical (unpaired) electrons. The Hall–Kier alpha value is -0.530. The minimum atomic E-state index is 0.441. The van der Waals surface area contributed by atoms with Crippen LogP contribution >= 0.6 is 11.6 Å². The fourth-order valence-corrected chi connectivity index (χ4v) is 2.47. The molecular formula is C15H24ClN. The highest BCUT2D eigenvalue weighted by Crippen LogP contribution is 2.28. The van der Waals surface area contributed by atoms with Crippen LogP contribution in [0.2, 0.25) is 5.02 Å². The standard InChI is InChI=1S/C15H24ClN/c1-5-7-11(3)15(17-6-2)13-8-9-14(16)12(4)10-13/h8-11,15,17H,5-7H2,1-4H3. The Kier molecular flexibility index (Phi) is 6.01. The summed E-state index contributed by atoms with van der Waals surface area (Å²) in [5.41, 5.74) is 2.52. The second-order valence-electron chi connectivity index (χ2n) is 4.81. The molecule has 0 amide bonds. The maximum atomic E-state index is 6.08. The summed E-state index contributed by atoms with van der Waals surface area (Å²) < 4.78 is 0. The molecular weight excluding hydrogens is 230 g/mol. The van der Waals surface area contributed by atoms with E-state index in [1.165, 1.54) is 18.4 Å². The average molecular weight is 254 g/mol. The Morgan fingerprint density at radius 3 is 2.53 bits per heavy atom. The van der Waals surface area contributed by atoms with Crippen molar-refractivity contribution in [1.29, 1.82) is 0 Å². The van der Waals surface area contributed by atoms with Crippen LogP contribution in [-0.4, -0.2) is 6.54 Å². The van der Waals surface area contributed by atoms with Crippen molar-refractivity contribution in [1.82, 2.24) is 5.32 Å². The molecule has 0 spiro atoms. The summed E-state index contributed by atoms with van der Waals surface area (Å²) in [5, 5.41) is 4.44. The molecule has 0 aromatic heterocycles. The first-order valence-corrected chi connectivity index (χ1v) is 6.97. The second-order valence-corrected chi connectivity index (χ2v) is 5.22. The van der Waals surface area contributed by atoms with E-state index in [4.69, 9.17) is 11.6 Å². The molecule has 1 N–H and O–H groups in total. The first-order chi connectivity index (χ1) is 8.10. The predicted molar refractivity (Wildman–Crippen MR) is 76.7 cm³/mol. The van der Waals surface area contributed by atoms with Gasteiger partial charge in [-0.15, -0.1) is 0 Å². The van der Waals surface area contributed by atoms with Gasteiger partial charge in [-0.1, -0.05) is 50.9 Å². The molecule has 0 saturated heterocycles. The summed E-state index contributed by atoms with van der Waals surface area (Å²) in [6, 6.07) is 6.81. The van der Waals surface area contributed by atoms with Crippen LogP contribution in [0.3, 0.4) is 0 Å². The lowest BCUT2D eigenvalue weighted by Gasteiger charge is -2.25. The molecule has 2 unspecified atom stereocenters. The van der Waals surface area contributed by atoms with Gasteiger partial charge in [0.1, 0.15) is 0 Å². The lowest BCUT2D eigenvalue weighted by atomic mass is 9.90. The zero-order valence-electron chi connectivity index (χ0n) is 11.4. The average Bonchev–Trinajstić information content (AvgIpc) is 2.30. The van der Waals surface area contributed by atoms with Crippen molar-refractivity contribution in [2.75, 3.05) is 6.54 Å². The van der Waals surface area contributed by atoms with Crippen molar-refractivity contribution in [2.45, 2.75) is 46.6 Å². The summed E-state index contributed by atoms with van der Waals surface area (Å²) in [6.45, 7) is 9.79. The van der Waals surface area contributed by atoms with E-state index in [0.29, 0.717) is 12.0 Å². The summed E-state index contributed by atoms with van der Waals surface area (Å²) in [5.74, 6) is 0.653. The van der Waals surface area contributed by atoms with Gasteiger partial charge in [0.15, 0.2) is 0 Å². The topological polar surface area (TPSA) is 12.0 Å². The number of aryl methyl sites for hydroxylation is 1. The second kappa shape index (κ2) is 7.03. The number of halogens is 1. The van der Waals surface area contributed by atoms with Crippen LogP contribution in [0.15, 0.2) is 18.2 Å². The van der Waals surface area contributed by atoms with Gasteiger partial charge in [-0.25, -0.2) is 0 Å². The lowest BCUT2D eigenvalue weighted by Crippen LogP contribution is -2.26. The molecule has 0 bridgehead atoms. The van der Waals surface area contributed by atoms with E-state index in [2.05, 4.69) is 45.1 Å². The molecule has 2 atom stereocenters. The van der Waals surface area contributed by atoms with Crippen LogP contribution in [-0.2, 0) is 0 Å². The summed E-state index contributed by atoms with van der Waals surface area (Å²) in [4.78, 5) is 0. The highest BCUT2D eigenvalue weighted by atomic mass is 35.5. The fraction of sp³-hybridized carbons (Fsp3) is 0.600. The number of rotatable bonds is 6. The maximum Gasteiger partial charge on any atom is 0.0435 e. The molecule has 0 heterocycles. The molecule has 0 aliphatic heterocycles. The minimum Gasteiger partial charge on any atom is -0.310 e. The van der Waals surface area contributed by atoms with Crippen molar-refractivity contribution in [2.24, 2.45) is 5.92 Å². The zero-order valence-corrected chi connectivity index (χ0v) is 12.1. The lowest BCUT2D eigenvalue weighted by molar-refractivity contribution is 0.369. The van der Waals surface area contributed by atoms with Gasteiger partial charge in [0.05, 0.1) is 0 Å². The Morgan fingerprint density at radius 1 is 1.29 bits per heavy atom. The van der Waals surface area contributed by atoms with Gasteiger partial charge >= 0.3 is 0 Å². The van der Waals surface area contributed by atoms with E-state index in [1.807, 2.05) is 6.07 Å². The summed E-state index contributed by atoms with van der Waals surface area (Å²) in [6.07, 6.45) is 2.48. The van der Waals surface area contributed by atoms with Crippen LogP contribution in [0.25, 0.3) is 0 Å². The predicted octanol–water partition coefficient (Wildman–Crippen LogP) is 4.74. The van der Waals surface area contributed by atoms with Gasteiger partial charge in [0, 0.05) is 11.1 Å². The van der Waals surface area contributed by atoms with Crippen molar-refractivity contribution < 1.29 is 0 Å². The molecule has 1 rings (SSSR count). The Balaban J connectivity index is 2.92. The molecule has 17 heavy (non-hydrogen) atoms. The third kappa shape index (κ3) is 4.01. The first kappa shape index (κ1) is 14.5. The van der Waals surface area contributed by atoms with Crippen LogP contribution in [0.5, 0.6) is 0 Å². The smallest absolute Gasteiger partial charge is 0.0435 e. The van der Waals surface area contributed by atoms with Gasteiger partial charge in [-0.2, -0.15) is 0 Å². The van der Waals surface area contributed by atoms with E-state index in [9.17, 15) is 0 Å². The van der Waals surface area contributed by atoms with Gasteiger partial charge in [-0.05, 0) is 43.0 Å². The number of hydrogen-bond acceptors (Lipinski definition) is 1. The molecule has 0 aliphatic rings. The van der Waals surface area contributed by atoms with Crippen molar-refractivity contribution in [3.05, 3.63) is 34.3 Å². The molecule has 2 heteroatoms. The molecule has 1 aromatic rings. The van der Waals surface area contributed by atoms with E-state index in [1.54, 1.807) is 0 Å². The van der Waals surface area contributed by atoms with Crippen LogP contribution < -0.4 is 5.32 Å². The third-order valence-corrected chi connectivity index (χ3v) is 3.70. The third-order valence-electron chi connectivity index (χ3n) is 3.28. The first-order valence-electron chi connectivity index (χ1n) is 6.59. The van der Waals surface area contributed by atoms with Crippen LogP contribution in [0.1, 0.15) is 50.8 Å². The zero-order chi connectivity index (χ0) is 12.8. The summed E-state index contributed by atoms with van der Waals surface area (Å²) >= 11 is 6.08. The van der Waals surface area contributed by atoms with E-state index in [0.717, 1.165) is 17.1 Å². The van der Waals surface area contributed by atoms with Crippen LogP contribution in [0.4, 0.5) is 0 Å². The fourth-order valence-electron chi connectivity index (χ4n) is 2.35. The van der Waals surface area contributed by atoms with E-state index >= 15 is 0 Å². The van der Waals surface area contributed by atoms with Gasteiger partial charge in [-0.3, -0.25) is 0 Å².